The van der Waals surface area contributed by atoms with Crippen molar-refractivity contribution in [2.24, 2.45) is 0 Å². The minimum Gasteiger partial charge on any atom is -0.479 e. The Labute approximate surface area is 107 Å². The number of halogens is 6. The van der Waals surface area contributed by atoms with Crippen LogP contribution in [0.3, 0.4) is 0 Å². The third-order valence-electron chi connectivity index (χ3n) is 2.33. The second-order valence-electron chi connectivity index (χ2n) is 3.77. The smallest absolute Gasteiger partial charge is 0.418 e. The van der Waals surface area contributed by atoms with Gasteiger partial charge in [0.15, 0.2) is 6.10 Å². The molecule has 1 rings (SSSR count). The van der Waals surface area contributed by atoms with Crippen LogP contribution in [0.15, 0.2) is 12.1 Å². The molecule has 0 aromatic heterocycles. The molecule has 20 heavy (non-hydrogen) atoms. The first kappa shape index (κ1) is 16.1. The van der Waals surface area contributed by atoms with E-state index >= 15 is 0 Å². The van der Waals surface area contributed by atoms with Crippen LogP contribution in [0, 0.1) is 0 Å². The highest BCUT2D eigenvalue weighted by molar-refractivity contribution is 5.75. The van der Waals surface area contributed by atoms with Crippen molar-refractivity contribution < 1.29 is 41.4 Å². The predicted molar refractivity (Wildman–Crippen MR) is 53.5 cm³/mol. The number of carbonyl (C=O) groups is 1. The quantitative estimate of drug-likeness (QED) is 0.579. The van der Waals surface area contributed by atoms with Gasteiger partial charge in [0, 0.05) is 5.69 Å². The topological polar surface area (TPSA) is 83.5 Å². The van der Waals surface area contributed by atoms with Crippen molar-refractivity contribution in [3.63, 3.8) is 0 Å². The summed E-state index contributed by atoms with van der Waals surface area (Å²) < 4.78 is 75.6. The van der Waals surface area contributed by atoms with Crippen LogP contribution in [0.4, 0.5) is 32.0 Å². The molecular weight excluding hydrogens is 296 g/mol. The zero-order chi connectivity index (χ0) is 15.9. The van der Waals surface area contributed by atoms with E-state index in [2.05, 4.69) is 0 Å². The van der Waals surface area contributed by atoms with Gasteiger partial charge in [-0.3, -0.25) is 0 Å². The van der Waals surface area contributed by atoms with Crippen LogP contribution in [-0.2, 0) is 17.1 Å². The summed E-state index contributed by atoms with van der Waals surface area (Å²) in [5.74, 6) is -1.92. The van der Waals surface area contributed by atoms with Gasteiger partial charge in [-0.25, -0.2) is 4.79 Å². The number of carboxylic acids is 1. The Morgan fingerprint density at radius 2 is 1.60 bits per heavy atom. The Hall–Kier alpha value is -1.97. The number of aliphatic hydroxyl groups is 1. The second kappa shape index (κ2) is 4.85. The lowest BCUT2D eigenvalue weighted by molar-refractivity contribution is -0.161. The van der Waals surface area contributed by atoms with Gasteiger partial charge in [-0.1, -0.05) is 0 Å². The van der Waals surface area contributed by atoms with Gasteiger partial charge < -0.3 is 15.9 Å². The fraction of sp³-hybridized carbons (Fsp3) is 0.300. The van der Waals surface area contributed by atoms with Gasteiger partial charge in [0.05, 0.1) is 11.1 Å². The lowest BCUT2D eigenvalue weighted by atomic mass is 9.98. The molecule has 1 aromatic carbocycles. The zero-order valence-electron chi connectivity index (χ0n) is 9.38. The van der Waals surface area contributed by atoms with Gasteiger partial charge in [-0.05, 0) is 17.7 Å². The average molecular weight is 303 g/mol. The average Bonchev–Trinajstić information content (AvgIpc) is 2.23. The Balaban J connectivity index is 3.62. The highest BCUT2D eigenvalue weighted by Gasteiger charge is 2.45. The molecule has 112 valence electrons. The highest BCUT2D eigenvalue weighted by Crippen LogP contribution is 2.44. The van der Waals surface area contributed by atoms with Crippen LogP contribution in [0.2, 0.25) is 0 Å². The number of alkyl halides is 6. The third-order valence-corrected chi connectivity index (χ3v) is 2.33. The number of hydrogen-bond acceptors (Lipinski definition) is 3. The van der Waals surface area contributed by atoms with E-state index in [0.717, 1.165) is 0 Å². The molecule has 1 unspecified atom stereocenters. The van der Waals surface area contributed by atoms with Gasteiger partial charge in [-0.15, -0.1) is 0 Å². The number of rotatable bonds is 2. The maximum absolute atomic E-state index is 12.6. The Kier molecular flexibility index (Phi) is 3.90. The minimum absolute atomic E-state index is 0.0853. The van der Waals surface area contributed by atoms with Gasteiger partial charge in [0.1, 0.15) is 0 Å². The first-order valence-corrected chi connectivity index (χ1v) is 4.84. The summed E-state index contributed by atoms with van der Waals surface area (Å²) in [5, 5.41) is 17.6. The molecule has 0 bridgehead atoms. The Bertz CT molecular complexity index is 537. The van der Waals surface area contributed by atoms with Crippen molar-refractivity contribution in [1.29, 1.82) is 0 Å². The van der Waals surface area contributed by atoms with Crippen LogP contribution < -0.4 is 5.73 Å². The van der Waals surface area contributed by atoms with Crippen LogP contribution in [-0.4, -0.2) is 16.2 Å². The lowest BCUT2D eigenvalue weighted by Crippen LogP contribution is -2.21. The van der Waals surface area contributed by atoms with E-state index in [-0.39, 0.29) is 6.07 Å². The molecule has 0 spiro atoms. The first-order valence-electron chi connectivity index (χ1n) is 4.84. The fourth-order valence-electron chi connectivity index (χ4n) is 1.53. The Morgan fingerprint density at radius 3 is 1.95 bits per heavy atom. The van der Waals surface area contributed by atoms with Crippen molar-refractivity contribution in [3.05, 3.63) is 28.8 Å². The second-order valence-corrected chi connectivity index (χ2v) is 3.77. The number of carboxylic acid groups (broad SMARTS) is 1. The molecule has 0 radical (unpaired) electrons. The Morgan fingerprint density at radius 1 is 1.10 bits per heavy atom. The third kappa shape index (κ3) is 3.13. The summed E-state index contributed by atoms with van der Waals surface area (Å²) in [4.78, 5) is 10.5. The van der Waals surface area contributed by atoms with Crippen LogP contribution >= 0.6 is 0 Å². The molecular formula is C10H7F6NO3. The SMILES string of the molecule is Nc1cc(C(O)C(=O)O)cc(C(F)(F)F)c1C(F)(F)F. The normalized spacial score (nSPS) is 14.2. The van der Waals surface area contributed by atoms with Crippen molar-refractivity contribution in [3.8, 4) is 0 Å². The van der Waals surface area contributed by atoms with E-state index in [1.54, 1.807) is 0 Å². The molecule has 0 aliphatic rings. The summed E-state index contributed by atoms with van der Waals surface area (Å²) >= 11 is 0. The number of nitrogens with two attached hydrogens (primary N) is 1. The van der Waals surface area contributed by atoms with Gasteiger partial charge >= 0.3 is 18.3 Å². The molecule has 0 aliphatic heterocycles. The predicted octanol–water partition coefficient (Wildman–Crippen LogP) is 2.42. The monoisotopic (exact) mass is 303 g/mol. The number of anilines is 1. The number of aliphatic carboxylic acids is 1. The van der Waals surface area contributed by atoms with E-state index in [1.165, 1.54) is 0 Å². The molecule has 0 saturated heterocycles. The van der Waals surface area contributed by atoms with E-state index in [1.807, 2.05) is 0 Å². The lowest BCUT2D eigenvalue weighted by Gasteiger charge is -2.19. The van der Waals surface area contributed by atoms with Crippen molar-refractivity contribution in [2.45, 2.75) is 18.5 Å². The maximum Gasteiger partial charge on any atom is 0.418 e. The molecule has 4 nitrogen and oxygen atoms in total. The summed E-state index contributed by atoms with van der Waals surface area (Å²) in [6.45, 7) is 0. The van der Waals surface area contributed by atoms with Crippen LogP contribution in [0.25, 0.3) is 0 Å². The summed E-state index contributed by atoms with van der Waals surface area (Å²) in [7, 11) is 0. The zero-order valence-corrected chi connectivity index (χ0v) is 9.38. The molecule has 0 amide bonds. The van der Waals surface area contributed by atoms with E-state index in [9.17, 15) is 31.1 Å². The molecule has 0 aliphatic carbocycles. The minimum atomic E-state index is -5.41. The molecule has 10 heteroatoms. The number of nitrogen functional groups attached to an aromatic ring is 1. The van der Waals surface area contributed by atoms with Crippen molar-refractivity contribution in [2.75, 3.05) is 5.73 Å². The van der Waals surface area contributed by atoms with Crippen molar-refractivity contribution >= 4 is 11.7 Å². The molecule has 4 N–H and O–H groups in total. The molecule has 1 aromatic rings. The van der Waals surface area contributed by atoms with Gasteiger partial charge in [-0.2, -0.15) is 26.3 Å². The van der Waals surface area contributed by atoms with E-state index < -0.39 is 46.8 Å². The van der Waals surface area contributed by atoms with E-state index in [4.69, 9.17) is 15.9 Å². The number of hydrogen-bond donors (Lipinski definition) is 3. The molecule has 0 heterocycles. The molecule has 1 atom stereocenters. The fourth-order valence-corrected chi connectivity index (χ4v) is 1.53. The van der Waals surface area contributed by atoms with Crippen LogP contribution in [0.1, 0.15) is 22.8 Å². The van der Waals surface area contributed by atoms with Gasteiger partial charge in [0.25, 0.3) is 0 Å². The summed E-state index contributed by atoms with van der Waals surface area (Å²) in [6, 6.07) is 0.259. The summed E-state index contributed by atoms with van der Waals surface area (Å²) in [6.07, 6.45) is -13.2. The maximum atomic E-state index is 12.6. The standard InChI is InChI=1S/C10H7F6NO3/c11-9(12,13)4-1-3(7(18)8(19)20)2-5(17)6(4)10(14,15)16/h1-2,7,18H,17H2,(H,19,20). The van der Waals surface area contributed by atoms with Crippen LogP contribution in [0.5, 0.6) is 0 Å². The van der Waals surface area contributed by atoms with Crippen molar-refractivity contribution in [1.82, 2.24) is 0 Å². The number of benzene rings is 1. The van der Waals surface area contributed by atoms with Gasteiger partial charge in [0.2, 0.25) is 0 Å². The highest BCUT2D eigenvalue weighted by atomic mass is 19.4. The molecule has 0 saturated carbocycles. The number of aliphatic hydroxyl groups excluding tert-OH is 1. The molecule has 0 fully saturated rings. The largest absolute Gasteiger partial charge is 0.479 e. The first-order chi connectivity index (χ1) is 8.85. The van der Waals surface area contributed by atoms with E-state index in [0.29, 0.717) is 6.07 Å². The summed E-state index contributed by atoms with van der Waals surface area (Å²) in [5.41, 5.74) is -1.56.